The number of rotatable bonds is 5. The van der Waals surface area contributed by atoms with Gasteiger partial charge in [-0.2, -0.15) is 0 Å². The molecule has 2 rings (SSSR count). The van der Waals surface area contributed by atoms with Crippen LogP contribution in [-0.2, 0) is 4.79 Å². The molecule has 110 valence electrons. The number of nitrogens with one attached hydrogen (secondary N) is 1. The molecule has 0 spiro atoms. The molecule has 1 fully saturated rings. The minimum Gasteiger partial charge on any atom is -0.459 e. The molecule has 5 heteroatoms. The van der Waals surface area contributed by atoms with Crippen molar-refractivity contribution in [3.8, 4) is 0 Å². The molecule has 1 aromatic rings. The molecule has 5 nitrogen and oxygen atoms in total. The SMILES string of the molecule is CC1(CC(NC(=O)c2ccco2)C(N)=O)CCCCC1. The quantitative estimate of drug-likeness (QED) is 0.866. The molecular weight excluding hydrogens is 256 g/mol. The standard InChI is InChI=1S/C15H22N2O3/c1-15(7-3-2-4-8-15)10-11(13(16)18)17-14(19)12-6-5-9-20-12/h5-6,9,11H,2-4,7-8,10H2,1H3,(H2,16,18)(H,17,19). The summed E-state index contributed by atoms with van der Waals surface area (Å²) in [6.07, 6.45) is 7.77. The third-order valence-corrected chi connectivity index (χ3v) is 4.15. The van der Waals surface area contributed by atoms with Crippen molar-refractivity contribution in [3.05, 3.63) is 24.2 Å². The van der Waals surface area contributed by atoms with E-state index in [-0.39, 0.29) is 11.2 Å². The molecule has 20 heavy (non-hydrogen) atoms. The molecule has 2 amide bonds. The Balaban J connectivity index is 2.00. The lowest BCUT2D eigenvalue weighted by molar-refractivity contribution is -0.120. The molecule has 0 bridgehead atoms. The number of primary amides is 1. The maximum absolute atomic E-state index is 12.0. The van der Waals surface area contributed by atoms with Gasteiger partial charge in [0.2, 0.25) is 5.91 Å². The van der Waals surface area contributed by atoms with Crippen LogP contribution in [-0.4, -0.2) is 17.9 Å². The number of hydrogen-bond donors (Lipinski definition) is 2. The monoisotopic (exact) mass is 278 g/mol. The molecule has 3 N–H and O–H groups in total. The molecule has 1 aliphatic carbocycles. The van der Waals surface area contributed by atoms with Gasteiger partial charge in [0.25, 0.3) is 5.91 Å². The fourth-order valence-corrected chi connectivity index (χ4v) is 2.96. The fourth-order valence-electron chi connectivity index (χ4n) is 2.96. The largest absolute Gasteiger partial charge is 0.459 e. The first-order chi connectivity index (χ1) is 9.50. The van der Waals surface area contributed by atoms with Gasteiger partial charge in [0, 0.05) is 0 Å². The Hall–Kier alpha value is -1.78. The van der Waals surface area contributed by atoms with Gasteiger partial charge >= 0.3 is 0 Å². The van der Waals surface area contributed by atoms with Crippen LogP contribution in [0.5, 0.6) is 0 Å². The van der Waals surface area contributed by atoms with Crippen LogP contribution in [0.3, 0.4) is 0 Å². The molecule has 1 saturated carbocycles. The summed E-state index contributed by atoms with van der Waals surface area (Å²) in [5, 5.41) is 2.68. The second-order valence-corrected chi connectivity index (χ2v) is 5.98. The third kappa shape index (κ3) is 3.62. The molecule has 0 aromatic carbocycles. The molecule has 1 unspecified atom stereocenters. The Morgan fingerprint density at radius 3 is 2.65 bits per heavy atom. The first-order valence-electron chi connectivity index (χ1n) is 7.14. The number of carbonyl (C=O) groups is 2. The van der Waals surface area contributed by atoms with Gasteiger partial charge in [-0.15, -0.1) is 0 Å². The molecular formula is C15H22N2O3. The van der Waals surface area contributed by atoms with Crippen molar-refractivity contribution in [1.29, 1.82) is 0 Å². The molecule has 1 heterocycles. The summed E-state index contributed by atoms with van der Waals surface area (Å²) in [6.45, 7) is 2.17. The highest BCUT2D eigenvalue weighted by Crippen LogP contribution is 2.39. The number of amides is 2. The number of furan rings is 1. The average Bonchev–Trinajstić information content (AvgIpc) is 2.92. The summed E-state index contributed by atoms with van der Waals surface area (Å²) in [7, 11) is 0. The van der Waals surface area contributed by atoms with E-state index < -0.39 is 17.9 Å². The first kappa shape index (κ1) is 14.6. The topological polar surface area (TPSA) is 85.3 Å². The van der Waals surface area contributed by atoms with Crippen molar-refractivity contribution < 1.29 is 14.0 Å². The highest BCUT2D eigenvalue weighted by molar-refractivity contribution is 5.95. The van der Waals surface area contributed by atoms with Crippen LogP contribution in [0, 0.1) is 5.41 Å². The maximum Gasteiger partial charge on any atom is 0.287 e. The van der Waals surface area contributed by atoms with Crippen LogP contribution in [0.4, 0.5) is 0 Å². The maximum atomic E-state index is 12.0. The van der Waals surface area contributed by atoms with Gasteiger partial charge < -0.3 is 15.5 Å². The van der Waals surface area contributed by atoms with Gasteiger partial charge in [0.15, 0.2) is 5.76 Å². The number of hydrogen-bond acceptors (Lipinski definition) is 3. The zero-order chi connectivity index (χ0) is 14.6. The second kappa shape index (κ2) is 6.11. The van der Waals surface area contributed by atoms with E-state index in [0.717, 1.165) is 12.8 Å². The van der Waals surface area contributed by atoms with Crippen LogP contribution in [0.1, 0.15) is 56.0 Å². The Labute approximate surface area is 118 Å². The first-order valence-corrected chi connectivity index (χ1v) is 7.14. The normalized spacial score (nSPS) is 19.2. The summed E-state index contributed by atoms with van der Waals surface area (Å²) in [5.74, 6) is -0.681. The minimum atomic E-state index is -0.643. The Bertz CT molecular complexity index is 461. The van der Waals surface area contributed by atoms with Gasteiger partial charge in [-0.1, -0.05) is 26.2 Å². The highest BCUT2D eigenvalue weighted by atomic mass is 16.3. The van der Waals surface area contributed by atoms with Crippen LogP contribution >= 0.6 is 0 Å². The summed E-state index contributed by atoms with van der Waals surface area (Å²) in [6, 6.07) is 2.56. The van der Waals surface area contributed by atoms with Crippen LogP contribution in [0.15, 0.2) is 22.8 Å². The van der Waals surface area contributed by atoms with Crippen molar-refractivity contribution in [3.63, 3.8) is 0 Å². The zero-order valence-electron chi connectivity index (χ0n) is 11.9. The second-order valence-electron chi connectivity index (χ2n) is 5.98. The minimum absolute atomic E-state index is 0.0778. The van der Waals surface area contributed by atoms with Gasteiger partial charge in [-0.05, 0) is 36.8 Å². The van der Waals surface area contributed by atoms with E-state index in [1.54, 1.807) is 12.1 Å². The summed E-state index contributed by atoms with van der Waals surface area (Å²) < 4.78 is 5.03. The van der Waals surface area contributed by atoms with Gasteiger partial charge in [0.1, 0.15) is 6.04 Å². The van der Waals surface area contributed by atoms with Crippen molar-refractivity contribution >= 4 is 11.8 Å². The molecule has 1 aliphatic rings. The molecule has 1 atom stereocenters. The third-order valence-electron chi connectivity index (χ3n) is 4.15. The molecule has 1 aromatic heterocycles. The Morgan fingerprint density at radius 1 is 1.40 bits per heavy atom. The van der Waals surface area contributed by atoms with Crippen molar-refractivity contribution in [2.45, 2.75) is 51.5 Å². The lowest BCUT2D eigenvalue weighted by Crippen LogP contribution is -2.47. The lowest BCUT2D eigenvalue weighted by atomic mass is 9.72. The molecule has 0 radical (unpaired) electrons. The Kier molecular flexibility index (Phi) is 4.47. The van der Waals surface area contributed by atoms with Crippen molar-refractivity contribution in [1.82, 2.24) is 5.32 Å². The number of nitrogens with two attached hydrogens (primary N) is 1. The zero-order valence-corrected chi connectivity index (χ0v) is 11.9. The van der Waals surface area contributed by atoms with Gasteiger partial charge in [-0.3, -0.25) is 9.59 Å². The predicted octanol–water partition coefficient (Wildman–Crippen LogP) is 2.22. The molecule has 0 saturated heterocycles. The van der Waals surface area contributed by atoms with E-state index in [9.17, 15) is 9.59 Å². The van der Waals surface area contributed by atoms with Gasteiger partial charge in [0.05, 0.1) is 6.26 Å². The van der Waals surface area contributed by atoms with Crippen LogP contribution in [0.25, 0.3) is 0 Å². The van der Waals surface area contributed by atoms with Crippen molar-refractivity contribution in [2.75, 3.05) is 0 Å². The summed E-state index contributed by atoms with van der Waals surface area (Å²) in [4.78, 5) is 23.6. The predicted molar refractivity (Wildman–Crippen MR) is 75.0 cm³/mol. The average molecular weight is 278 g/mol. The fraction of sp³-hybridized carbons (Fsp3) is 0.600. The van der Waals surface area contributed by atoms with Crippen LogP contribution < -0.4 is 11.1 Å². The lowest BCUT2D eigenvalue weighted by Gasteiger charge is -2.35. The van der Waals surface area contributed by atoms with Crippen LogP contribution in [0.2, 0.25) is 0 Å². The van der Waals surface area contributed by atoms with E-state index in [0.29, 0.717) is 6.42 Å². The van der Waals surface area contributed by atoms with Crippen molar-refractivity contribution in [2.24, 2.45) is 11.1 Å². The van der Waals surface area contributed by atoms with E-state index in [1.165, 1.54) is 25.5 Å². The highest BCUT2D eigenvalue weighted by Gasteiger charge is 2.33. The number of carbonyl (C=O) groups excluding carboxylic acids is 2. The van der Waals surface area contributed by atoms with E-state index in [4.69, 9.17) is 10.2 Å². The van der Waals surface area contributed by atoms with Gasteiger partial charge in [-0.25, -0.2) is 0 Å². The van der Waals surface area contributed by atoms with E-state index in [2.05, 4.69) is 12.2 Å². The Morgan fingerprint density at radius 2 is 2.10 bits per heavy atom. The smallest absolute Gasteiger partial charge is 0.287 e. The van der Waals surface area contributed by atoms with E-state index in [1.807, 2.05) is 0 Å². The molecule has 0 aliphatic heterocycles. The summed E-state index contributed by atoms with van der Waals surface area (Å²) >= 11 is 0. The summed E-state index contributed by atoms with van der Waals surface area (Å²) in [5.41, 5.74) is 5.51. The van der Waals surface area contributed by atoms with E-state index >= 15 is 0 Å².